The van der Waals surface area contributed by atoms with Crippen molar-refractivity contribution in [1.82, 2.24) is 9.80 Å². The summed E-state index contributed by atoms with van der Waals surface area (Å²) in [5, 5.41) is 18.8. The van der Waals surface area contributed by atoms with Gasteiger partial charge < -0.3 is 19.6 Å². The Morgan fingerprint density at radius 2 is 1.65 bits per heavy atom. The number of nitriles is 1. The normalized spacial score (nSPS) is 19.5. The van der Waals surface area contributed by atoms with Crippen molar-refractivity contribution in [2.45, 2.75) is 32.3 Å². The zero-order valence-corrected chi connectivity index (χ0v) is 18.0. The average Bonchev–Trinajstić information content (AvgIpc) is 2.76. The monoisotopic (exact) mass is 419 g/mol. The molecule has 6 nitrogen and oxygen atoms in total. The quantitative estimate of drug-likeness (QED) is 0.726. The zero-order valence-electron chi connectivity index (χ0n) is 18.0. The molecule has 0 radical (unpaired) electrons. The summed E-state index contributed by atoms with van der Waals surface area (Å²) in [6.07, 6.45) is 2.61. The molecule has 6 heteroatoms. The molecule has 2 aromatic carbocycles. The molecular formula is C25H29N3O3. The van der Waals surface area contributed by atoms with Gasteiger partial charge in [-0.25, -0.2) is 4.79 Å². The second-order valence-corrected chi connectivity index (χ2v) is 8.56. The molecule has 2 aromatic rings. The van der Waals surface area contributed by atoms with Crippen LogP contribution in [0.4, 0.5) is 0 Å². The number of phenols is 1. The maximum absolute atomic E-state index is 12.0. The number of phenolic OH excluding ortho intramolecular Hbond substituents is 1. The number of nitrogens with zero attached hydrogens (tertiary/aromatic N) is 3. The molecule has 0 saturated carbocycles. The van der Waals surface area contributed by atoms with Gasteiger partial charge in [0.25, 0.3) is 0 Å². The largest absolute Gasteiger partial charge is 0.507 e. The van der Waals surface area contributed by atoms with Gasteiger partial charge in [-0.2, -0.15) is 5.26 Å². The van der Waals surface area contributed by atoms with E-state index in [1.54, 1.807) is 12.1 Å². The summed E-state index contributed by atoms with van der Waals surface area (Å²) in [7, 11) is 0. The first kappa shape index (κ1) is 21.4. The van der Waals surface area contributed by atoms with Gasteiger partial charge >= 0.3 is 5.97 Å². The van der Waals surface area contributed by atoms with Crippen LogP contribution in [0.5, 0.6) is 5.75 Å². The molecule has 4 rings (SSSR count). The van der Waals surface area contributed by atoms with Crippen LogP contribution in [0.15, 0.2) is 36.4 Å². The maximum atomic E-state index is 12.0. The Balaban J connectivity index is 1.22. The van der Waals surface area contributed by atoms with Gasteiger partial charge in [-0.05, 0) is 54.7 Å². The van der Waals surface area contributed by atoms with E-state index in [0.717, 1.165) is 69.7 Å². The summed E-state index contributed by atoms with van der Waals surface area (Å²) >= 11 is 0. The third-order valence-corrected chi connectivity index (χ3v) is 6.29. The number of hydrogen-bond donors (Lipinski definition) is 1. The fraction of sp³-hybridized carbons (Fsp3) is 0.440. The number of benzene rings is 2. The summed E-state index contributed by atoms with van der Waals surface area (Å²) in [6, 6.07) is 13.4. The number of ether oxygens (including phenoxy) is 1. The highest BCUT2D eigenvalue weighted by atomic mass is 16.5. The van der Waals surface area contributed by atoms with Gasteiger partial charge in [-0.3, -0.25) is 0 Å². The molecule has 0 amide bonds. The number of carbonyl (C=O) groups is 1. The number of rotatable bonds is 6. The van der Waals surface area contributed by atoms with Crippen molar-refractivity contribution < 1.29 is 14.6 Å². The van der Waals surface area contributed by atoms with Crippen LogP contribution in [0.1, 0.15) is 39.5 Å². The molecule has 1 saturated heterocycles. The van der Waals surface area contributed by atoms with E-state index in [2.05, 4.69) is 21.9 Å². The summed E-state index contributed by atoms with van der Waals surface area (Å²) < 4.78 is 5.30. The van der Waals surface area contributed by atoms with Gasteiger partial charge in [-0.15, -0.1) is 0 Å². The lowest BCUT2D eigenvalue weighted by atomic mass is 9.96. The first-order chi connectivity index (χ1) is 15.0. The predicted octanol–water partition coefficient (Wildman–Crippen LogP) is 2.77. The Kier molecular flexibility index (Phi) is 6.55. The minimum absolute atomic E-state index is 0.0448. The maximum Gasteiger partial charge on any atom is 0.338 e. The topological polar surface area (TPSA) is 76.8 Å². The van der Waals surface area contributed by atoms with Crippen LogP contribution >= 0.6 is 0 Å². The molecule has 31 heavy (non-hydrogen) atoms. The number of piperazine rings is 1. The van der Waals surface area contributed by atoms with Crippen LogP contribution in [0, 0.1) is 11.3 Å². The third-order valence-electron chi connectivity index (χ3n) is 6.29. The van der Waals surface area contributed by atoms with Crippen LogP contribution in [0.3, 0.4) is 0 Å². The Bertz CT molecular complexity index is 990. The smallest absolute Gasteiger partial charge is 0.338 e. The molecule has 0 aliphatic carbocycles. The van der Waals surface area contributed by atoms with Crippen LogP contribution < -0.4 is 0 Å². The van der Waals surface area contributed by atoms with Crippen molar-refractivity contribution in [3.63, 3.8) is 0 Å². The van der Waals surface area contributed by atoms with Gasteiger partial charge in [0.05, 0.1) is 11.1 Å². The van der Waals surface area contributed by atoms with E-state index in [9.17, 15) is 9.90 Å². The van der Waals surface area contributed by atoms with Crippen molar-refractivity contribution in [3.8, 4) is 11.8 Å². The van der Waals surface area contributed by atoms with Crippen LogP contribution in [0.2, 0.25) is 0 Å². The number of carbonyl (C=O) groups excluding carboxylic acids is 1. The predicted molar refractivity (Wildman–Crippen MR) is 118 cm³/mol. The highest BCUT2D eigenvalue weighted by molar-refractivity contribution is 5.92. The molecule has 0 spiro atoms. The van der Waals surface area contributed by atoms with Crippen molar-refractivity contribution in [3.05, 3.63) is 64.2 Å². The number of fused-ring (bicyclic) bond motifs is 1. The Morgan fingerprint density at radius 1 is 1.03 bits per heavy atom. The van der Waals surface area contributed by atoms with E-state index < -0.39 is 0 Å². The lowest BCUT2D eigenvalue weighted by Crippen LogP contribution is -2.47. The Morgan fingerprint density at radius 3 is 2.26 bits per heavy atom. The molecule has 1 unspecified atom stereocenters. The SMILES string of the molecule is CC1Cc2cc(CCN3CCN(CCc4ccc(C#N)c(O)c4)CC3)ccc2C(=O)O1. The first-order valence-corrected chi connectivity index (χ1v) is 11.0. The molecule has 0 aromatic heterocycles. The molecular weight excluding hydrogens is 390 g/mol. The van der Waals surface area contributed by atoms with Crippen molar-refractivity contribution in [2.24, 2.45) is 0 Å². The minimum Gasteiger partial charge on any atom is -0.507 e. The van der Waals surface area contributed by atoms with Crippen LogP contribution in [-0.2, 0) is 24.0 Å². The van der Waals surface area contributed by atoms with Gasteiger partial charge in [0.1, 0.15) is 17.9 Å². The first-order valence-electron chi connectivity index (χ1n) is 11.0. The molecule has 2 aliphatic heterocycles. The summed E-state index contributed by atoms with van der Waals surface area (Å²) in [4.78, 5) is 16.9. The molecule has 0 bridgehead atoms. The van der Waals surface area contributed by atoms with Crippen molar-refractivity contribution in [2.75, 3.05) is 39.3 Å². The second-order valence-electron chi connectivity index (χ2n) is 8.56. The van der Waals surface area contributed by atoms with Crippen molar-refractivity contribution >= 4 is 5.97 Å². The average molecular weight is 420 g/mol. The third kappa shape index (κ3) is 5.25. The van der Waals surface area contributed by atoms with Gasteiger partial charge in [0, 0.05) is 45.7 Å². The number of hydrogen-bond acceptors (Lipinski definition) is 6. The molecule has 1 N–H and O–H groups in total. The molecule has 1 atom stereocenters. The minimum atomic E-state index is -0.201. The van der Waals surface area contributed by atoms with Gasteiger partial charge in [0.15, 0.2) is 0 Å². The number of aromatic hydroxyl groups is 1. The van der Waals surface area contributed by atoms with E-state index in [1.165, 1.54) is 5.56 Å². The van der Waals surface area contributed by atoms with E-state index in [1.807, 2.05) is 25.1 Å². The van der Waals surface area contributed by atoms with Crippen molar-refractivity contribution in [1.29, 1.82) is 5.26 Å². The standard InChI is InChI=1S/C25H29N3O3/c1-18-14-22-15-19(3-5-23(22)25(30)31-18)6-8-27-10-12-28(13-11-27)9-7-20-2-4-21(17-26)24(29)16-20/h2-5,15-16,18,29H,6-14H2,1H3. The van der Waals surface area contributed by atoms with E-state index in [0.29, 0.717) is 11.1 Å². The Labute approximate surface area is 183 Å². The lowest BCUT2D eigenvalue weighted by Gasteiger charge is -2.34. The summed E-state index contributed by atoms with van der Waals surface area (Å²) in [6.45, 7) is 8.09. The molecule has 2 aliphatic rings. The van der Waals surface area contributed by atoms with Crippen LogP contribution in [0.25, 0.3) is 0 Å². The van der Waals surface area contributed by atoms with E-state index in [4.69, 9.17) is 10.00 Å². The number of esters is 1. The second kappa shape index (κ2) is 9.51. The highest BCUT2D eigenvalue weighted by Gasteiger charge is 2.23. The van der Waals surface area contributed by atoms with Gasteiger partial charge in [-0.1, -0.05) is 18.2 Å². The number of cyclic esters (lactones) is 1. The molecule has 2 heterocycles. The lowest BCUT2D eigenvalue weighted by molar-refractivity contribution is 0.0301. The zero-order chi connectivity index (χ0) is 21.8. The summed E-state index contributed by atoms with van der Waals surface area (Å²) in [5.74, 6) is -0.133. The molecule has 162 valence electrons. The fourth-order valence-corrected chi connectivity index (χ4v) is 4.41. The molecule has 1 fully saturated rings. The Hall–Kier alpha value is -2.88. The summed E-state index contributed by atoms with van der Waals surface area (Å²) in [5.41, 5.74) is 4.49. The van der Waals surface area contributed by atoms with Gasteiger partial charge in [0.2, 0.25) is 0 Å². The van der Waals surface area contributed by atoms with Crippen LogP contribution in [-0.4, -0.2) is 66.2 Å². The van der Waals surface area contributed by atoms with E-state index in [-0.39, 0.29) is 17.8 Å². The van der Waals surface area contributed by atoms with E-state index >= 15 is 0 Å². The fourth-order valence-electron chi connectivity index (χ4n) is 4.41. The highest BCUT2D eigenvalue weighted by Crippen LogP contribution is 2.22.